The van der Waals surface area contributed by atoms with Gasteiger partial charge >= 0.3 is 0 Å². The summed E-state index contributed by atoms with van der Waals surface area (Å²) in [5.41, 5.74) is 4.83. The summed E-state index contributed by atoms with van der Waals surface area (Å²) < 4.78 is 0. The summed E-state index contributed by atoms with van der Waals surface area (Å²) in [7, 11) is 0. The van der Waals surface area contributed by atoms with Crippen molar-refractivity contribution >= 4 is 0 Å². The van der Waals surface area contributed by atoms with Crippen molar-refractivity contribution in [3.63, 3.8) is 0 Å². The van der Waals surface area contributed by atoms with Gasteiger partial charge in [-0.15, -0.1) is 0 Å². The molecule has 0 aliphatic carbocycles. The normalized spacial score (nSPS) is 12.3. The first-order chi connectivity index (χ1) is 14.6. The van der Waals surface area contributed by atoms with Gasteiger partial charge in [0.2, 0.25) is 0 Å². The van der Waals surface area contributed by atoms with Crippen LogP contribution in [0.2, 0.25) is 0 Å². The van der Waals surface area contributed by atoms with Gasteiger partial charge in [-0.1, -0.05) is 61.0 Å². The summed E-state index contributed by atoms with van der Waals surface area (Å²) in [5, 5.41) is 18.6. The molecule has 1 unspecified atom stereocenters. The summed E-state index contributed by atoms with van der Waals surface area (Å²) in [6, 6.07) is 18.9. The molecule has 30 heavy (non-hydrogen) atoms. The van der Waals surface area contributed by atoms with Crippen LogP contribution in [-0.4, -0.2) is 19.3 Å². The van der Waals surface area contributed by atoms with Crippen molar-refractivity contribution in [3.8, 4) is 6.07 Å². The van der Waals surface area contributed by atoms with Crippen molar-refractivity contribution in [2.75, 3.05) is 13.1 Å². The number of aryl methyl sites for hydroxylation is 1. The van der Waals surface area contributed by atoms with E-state index in [1.54, 1.807) is 0 Å². The number of nitriles is 1. The number of benzene rings is 2. The average Bonchev–Trinajstić information content (AvgIpc) is 2.75. The Morgan fingerprint density at radius 3 is 2.63 bits per heavy atom. The number of allylic oxidation sites excluding steroid dienone is 1. The van der Waals surface area contributed by atoms with Crippen molar-refractivity contribution < 1.29 is 4.84 Å². The predicted octanol–water partition coefficient (Wildman–Crippen LogP) is 3.04. The maximum atomic E-state index is 8.64. The molecular weight excluding hydrogens is 374 g/mol. The van der Waals surface area contributed by atoms with Crippen LogP contribution in [0.4, 0.5) is 0 Å². The van der Waals surface area contributed by atoms with Gasteiger partial charge in [0, 0.05) is 19.5 Å². The van der Waals surface area contributed by atoms with Gasteiger partial charge in [0.15, 0.2) is 6.23 Å². The minimum absolute atomic E-state index is 0.312. The third-order valence-corrected chi connectivity index (χ3v) is 4.68. The van der Waals surface area contributed by atoms with Crippen LogP contribution in [0.5, 0.6) is 0 Å². The Labute approximate surface area is 180 Å². The molecule has 2 aromatic carbocycles. The zero-order chi connectivity index (χ0) is 21.6. The van der Waals surface area contributed by atoms with Gasteiger partial charge in [0.1, 0.15) is 0 Å². The standard InChI is InChI=1S/C24H33N5O/c1-3-5-23(29-24(30-26)17-21-10-8-19(2)9-11-21)28-14-12-20-6-4-7-22(16-20)18-27-15-13-25/h4-11,16,24,27-29H,3,12,14-15,17-18,26H2,1-2H3/b23-5+. The van der Waals surface area contributed by atoms with Crippen molar-refractivity contribution in [1.29, 1.82) is 5.26 Å². The first-order valence-corrected chi connectivity index (χ1v) is 10.4. The van der Waals surface area contributed by atoms with Crippen LogP contribution in [-0.2, 0) is 24.2 Å². The number of nitrogens with two attached hydrogens (primary N) is 1. The Morgan fingerprint density at radius 2 is 1.93 bits per heavy atom. The van der Waals surface area contributed by atoms with E-state index in [4.69, 9.17) is 16.0 Å². The summed E-state index contributed by atoms with van der Waals surface area (Å²) in [5.74, 6) is 6.46. The average molecular weight is 408 g/mol. The molecule has 0 spiro atoms. The zero-order valence-corrected chi connectivity index (χ0v) is 17.9. The molecule has 6 nitrogen and oxygen atoms in total. The molecule has 6 heteroatoms. The monoisotopic (exact) mass is 407 g/mol. The van der Waals surface area contributed by atoms with E-state index in [1.807, 2.05) is 0 Å². The highest BCUT2D eigenvalue weighted by molar-refractivity contribution is 5.24. The summed E-state index contributed by atoms with van der Waals surface area (Å²) in [6.07, 6.45) is 4.26. The van der Waals surface area contributed by atoms with Crippen LogP contribution in [0.25, 0.3) is 0 Å². The van der Waals surface area contributed by atoms with Crippen molar-refractivity contribution in [3.05, 3.63) is 82.7 Å². The Kier molecular flexibility index (Phi) is 10.5. The lowest BCUT2D eigenvalue weighted by atomic mass is 10.1. The molecule has 5 N–H and O–H groups in total. The Bertz CT molecular complexity index is 826. The molecule has 2 rings (SSSR count). The predicted molar refractivity (Wildman–Crippen MR) is 121 cm³/mol. The van der Waals surface area contributed by atoms with E-state index in [0.29, 0.717) is 19.5 Å². The van der Waals surface area contributed by atoms with Crippen molar-refractivity contribution in [2.24, 2.45) is 5.90 Å². The summed E-state index contributed by atoms with van der Waals surface area (Å²) in [4.78, 5) is 5.17. The first kappa shape index (κ1) is 23.4. The Balaban J connectivity index is 1.86. The highest BCUT2D eigenvalue weighted by Crippen LogP contribution is 2.08. The zero-order valence-electron chi connectivity index (χ0n) is 17.9. The molecule has 0 aromatic heterocycles. The van der Waals surface area contributed by atoms with Crippen LogP contribution in [0.15, 0.2) is 60.4 Å². The van der Waals surface area contributed by atoms with Crippen molar-refractivity contribution in [2.45, 2.75) is 45.9 Å². The van der Waals surface area contributed by atoms with Gasteiger partial charge in [-0.05, 0) is 42.5 Å². The van der Waals surface area contributed by atoms with E-state index in [1.165, 1.54) is 22.3 Å². The van der Waals surface area contributed by atoms with E-state index in [2.05, 4.69) is 90.5 Å². The Morgan fingerprint density at radius 1 is 1.17 bits per heavy atom. The van der Waals surface area contributed by atoms with Crippen LogP contribution in [0.1, 0.15) is 35.6 Å². The third kappa shape index (κ3) is 8.66. The number of hydrogen-bond acceptors (Lipinski definition) is 6. The topological polar surface area (TPSA) is 95.1 Å². The molecular formula is C24H33N5O. The van der Waals surface area contributed by atoms with E-state index in [9.17, 15) is 0 Å². The van der Waals surface area contributed by atoms with Gasteiger partial charge in [-0.2, -0.15) is 5.26 Å². The van der Waals surface area contributed by atoms with Gasteiger partial charge in [0.05, 0.1) is 18.4 Å². The minimum Gasteiger partial charge on any atom is -0.372 e. The smallest absolute Gasteiger partial charge is 0.153 e. The van der Waals surface area contributed by atoms with Gasteiger partial charge < -0.3 is 16.0 Å². The molecule has 0 saturated heterocycles. The molecule has 160 valence electrons. The highest BCUT2D eigenvalue weighted by atomic mass is 16.6. The van der Waals surface area contributed by atoms with Crippen LogP contribution in [0, 0.1) is 18.3 Å². The van der Waals surface area contributed by atoms with E-state index in [0.717, 1.165) is 25.2 Å². The number of nitrogens with one attached hydrogen (secondary N) is 3. The molecule has 0 amide bonds. The Hall–Kier alpha value is -2.85. The molecule has 0 aliphatic heterocycles. The largest absolute Gasteiger partial charge is 0.372 e. The van der Waals surface area contributed by atoms with E-state index < -0.39 is 0 Å². The second kappa shape index (κ2) is 13.4. The van der Waals surface area contributed by atoms with E-state index in [-0.39, 0.29) is 6.23 Å². The fourth-order valence-electron chi connectivity index (χ4n) is 3.13. The van der Waals surface area contributed by atoms with Gasteiger partial charge in [-0.25, -0.2) is 5.90 Å². The molecule has 0 aliphatic rings. The lowest BCUT2D eigenvalue weighted by Gasteiger charge is -2.21. The second-order valence-electron chi connectivity index (χ2n) is 7.24. The molecule has 0 fully saturated rings. The van der Waals surface area contributed by atoms with Gasteiger partial charge in [-0.3, -0.25) is 4.84 Å². The molecule has 0 saturated carbocycles. The summed E-state index contributed by atoms with van der Waals surface area (Å²) in [6.45, 7) is 6.01. The van der Waals surface area contributed by atoms with Crippen molar-refractivity contribution in [1.82, 2.24) is 16.0 Å². The van der Waals surface area contributed by atoms with E-state index >= 15 is 0 Å². The highest BCUT2D eigenvalue weighted by Gasteiger charge is 2.10. The molecule has 0 bridgehead atoms. The maximum absolute atomic E-state index is 8.64. The molecule has 1 atom stereocenters. The van der Waals surface area contributed by atoms with Gasteiger partial charge in [0.25, 0.3) is 0 Å². The number of nitrogens with zero attached hydrogens (tertiary/aromatic N) is 1. The quantitative estimate of drug-likeness (QED) is 0.176. The van der Waals surface area contributed by atoms with Crippen LogP contribution >= 0.6 is 0 Å². The molecule has 0 radical (unpaired) electrons. The molecule has 2 aromatic rings. The lowest BCUT2D eigenvalue weighted by Crippen LogP contribution is -2.40. The number of hydrogen-bond donors (Lipinski definition) is 4. The van der Waals surface area contributed by atoms with Crippen LogP contribution in [0.3, 0.4) is 0 Å². The SMILES string of the molecule is CC/C=C(\NCCc1cccc(CNCC#N)c1)NC(Cc1ccc(C)cc1)ON. The number of rotatable bonds is 13. The first-order valence-electron chi connectivity index (χ1n) is 10.4. The molecule has 0 heterocycles. The lowest BCUT2D eigenvalue weighted by molar-refractivity contribution is 0.0351. The minimum atomic E-state index is -0.312. The third-order valence-electron chi connectivity index (χ3n) is 4.68. The maximum Gasteiger partial charge on any atom is 0.153 e. The van der Waals surface area contributed by atoms with Crippen LogP contribution < -0.4 is 21.8 Å². The fraction of sp³-hybridized carbons (Fsp3) is 0.375. The fourth-order valence-corrected chi connectivity index (χ4v) is 3.13. The second-order valence-corrected chi connectivity index (χ2v) is 7.24. The summed E-state index contributed by atoms with van der Waals surface area (Å²) >= 11 is 0.